The fourth-order valence-electron chi connectivity index (χ4n) is 5.88. The van der Waals surface area contributed by atoms with Gasteiger partial charge in [-0.1, -0.05) is 0 Å². The van der Waals surface area contributed by atoms with Gasteiger partial charge in [0.05, 0.1) is 96.9 Å². The smallest absolute Gasteiger partial charge is 0.338 e. The van der Waals surface area contributed by atoms with Gasteiger partial charge in [0, 0.05) is 0 Å². The van der Waals surface area contributed by atoms with Crippen molar-refractivity contribution in [1.82, 2.24) is 0 Å². The summed E-state index contributed by atoms with van der Waals surface area (Å²) in [7, 11) is 6.03. The minimum atomic E-state index is -1.51. The fourth-order valence-corrected chi connectivity index (χ4v) is 5.88. The van der Waals surface area contributed by atoms with Gasteiger partial charge in [0.1, 0.15) is 28.6 Å². The van der Waals surface area contributed by atoms with Crippen LogP contribution in [0.25, 0.3) is 0 Å². The van der Waals surface area contributed by atoms with Crippen LogP contribution in [0.5, 0.6) is 23.0 Å². The molecule has 3 atom stereocenters. The molecule has 3 unspecified atom stereocenters. The van der Waals surface area contributed by atoms with Crippen molar-refractivity contribution in [3.8, 4) is 23.0 Å². The standard InChI is InChI=1S/C48H58O16/c1-45(2,61-41(50)33-10-18-37(54-6)19-11-33)27-58-29-47(4,63-43(52)35-14-22-39(56-8)23-15-35)31-60-32-48(5,64-44(53)36-16-24-40(57-9)25-17-36)30-59-28-46(3,26-49)62-42(51)34-12-20-38(55-7)21-13-34/h10-25,49H,26-32H2,1-9H3. The highest BCUT2D eigenvalue weighted by molar-refractivity contribution is 5.91. The Kier molecular flexibility index (Phi) is 18.1. The van der Waals surface area contributed by atoms with Crippen LogP contribution in [0.15, 0.2) is 97.1 Å². The van der Waals surface area contributed by atoms with Gasteiger partial charge in [-0.25, -0.2) is 19.2 Å². The molecule has 0 saturated heterocycles. The molecule has 346 valence electrons. The summed E-state index contributed by atoms with van der Waals surface area (Å²) in [6.45, 7) is 5.96. The zero-order valence-electron chi connectivity index (χ0n) is 37.8. The molecule has 0 aromatic heterocycles. The van der Waals surface area contributed by atoms with Gasteiger partial charge in [-0.05, 0) is 132 Å². The van der Waals surface area contributed by atoms with Gasteiger partial charge >= 0.3 is 23.9 Å². The van der Waals surface area contributed by atoms with E-state index in [2.05, 4.69) is 0 Å². The highest BCUT2D eigenvalue weighted by Crippen LogP contribution is 2.25. The Hall–Kier alpha value is -6.20. The summed E-state index contributed by atoms with van der Waals surface area (Å²) in [5.41, 5.74) is -4.60. The molecule has 0 fully saturated rings. The molecular weight excluding hydrogens is 833 g/mol. The number of hydrogen-bond acceptors (Lipinski definition) is 16. The van der Waals surface area contributed by atoms with E-state index < -0.39 is 52.9 Å². The summed E-state index contributed by atoms with van der Waals surface area (Å²) in [6, 6.07) is 25.3. The Balaban J connectivity index is 1.50. The SMILES string of the molecule is COc1ccc(C(=O)OC(C)(C)COCC(C)(COCC(C)(COCC(C)(CO)OC(=O)c2ccc(OC)cc2)OC(=O)c2ccc(OC)cc2)OC(=O)c2ccc(OC)cc2)cc1. The lowest BCUT2D eigenvalue weighted by molar-refractivity contribution is -0.149. The van der Waals surface area contributed by atoms with Crippen molar-refractivity contribution in [3.63, 3.8) is 0 Å². The summed E-state index contributed by atoms with van der Waals surface area (Å²) in [6.07, 6.45) is 0. The minimum Gasteiger partial charge on any atom is -0.497 e. The number of aliphatic hydroxyl groups is 1. The summed E-state index contributed by atoms with van der Waals surface area (Å²) in [5.74, 6) is -0.476. The Labute approximate surface area is 373 Å². The molecule has 0 aliphatic rings. The van der Waals surface area contributed by atoms with E-state index in [1.54, 1.807) is 100 Å². The van der Waals surface area contributed by atoms with Crippen LogP contribution in [-0.2, 0) is 33.2 Å². The number of aliphatic hydroxyl groups excluding tert-OH is 1. The predicted molar refractivity (Wildman–Crippen MR) is 232 cm³/mol. The van der Waals surface area contributed by atoms with Crippen LogP contribution in [0.2, 0.25) is 0 Å². The third-order valence-corrected chi connectivity index (χ3v) is 9.51. The average molecular weight is 891 g/mol. The number of esters is 4. The largest absolute Gasteiger partial charge is 0.497 e. The molecule has 4 rings (SSSR count). The van der Waals surface area contributed by atoms with Crippen LogP contribution >= 0.6 is 0 Å². The first-order chi connectivity index (χ1) is 30.4. The first-order valence-corrected chi connectivity index (χ1v) is 20.2. The number of carbonyl (C=O) groups excluding carboxylic acids is 4. The molecular formula is C48H58O16. The van der Waals surface area contributed by atoms with Crippen molar-refractivity contribution in [1.29, 1.82) is 0 Å². The second kappa shape index (κ2) is 22.9. The van der Waals surface area contributed by atoms with Gasteiger partial charge in [0.2, 0.25) is 0 Å². The van der Waals surface area contributed by atoms with Gasteiger partial charge in [-0.3, -0.25) is 0 Å². The summed E-state index contributed by atoms with van der Waals surface area (Å²) in [4.78, 5) is 53.0. The van der Waals surface area contributed by atoms with Crippen molar-refractivity contribution in [3.05, 3.63) is 119 Å². The molecule has 64 heavy (non-hydrogen) atoms. The third-order valence-electron chi connectivity index (χ3n) is 9.51. The number of methoxy groups -OCH3 is 4. The highest BCUT2D eigenvalue weighted by Gasteiger charge is 2.38. The van der Waals surface area contributed by atoms with Gasteiger partial charge in [-0.15, -0.1) is 0 Å². The first-order valence-electron chi connectivity index (χ1n) is 20.2. The van der Waals surface area contributed by atoms with E-state index in [1.807, 2.05) is 0 Å². The predicted octanol–water partition coefficient (Wildman–Crippen LogP) is 6.55. The Morgan fingerprint density at radius 2 is 0.609 bits per heavy atom. The molecule has 16 nitrogen and oxygen atoms in total. The first kappa shape index (κ1) is 50.4. The molecule has 0 aliphatic heterocycles. The molecule has 0 bridgehead atoms. The lowest BCUT2D eigenvalue weighted by atomic mass is 10.1. The van der Waals surface area contributed by atoms with Crippen LogP contribution < -0.4 is 18.9 Å². The van der Waals surface area contributed by atoms with Crippen molar-refractivity contribution in [2.45, 2.75) is 57.0 Å². The number of carbonyl (C=O) groups is 4. The molecule has 0 heterocycles. The molecule has 4 aromatic rings. The van der Waals surface area contributed by atoms with Crippen molar-refractivity contribution in [2.75, 3.05) is 74.7 Å². The van der Waals surface area contributed by atoms with E-state index in [0.717, 1.165) is 0 Å². The van der Waals surface area contributed by atoms with E-state index in [1.165, 1.54) is 59.6 Å². The van der Waals surface area contributed by atoms with E-state index in [4.69, 9.17) is 52.1 Å². The Morgan fingerprint density at radius 3 is 0.875 bits per heavy atom. The van der Waals surface area contributed by atoms with Gasteiger partial charge in [-0.2, -0.15) is 0 Å². The van der Waals surface area contributed by atoms with Gasteiger partial charge < -0.3 is 57.2 Å². The van der Waals surface area contributed by atoms with Crippen LogP contribution in [0.1, 0.15) is 76.1 Å². The zero-order valence-corrected chi connectivity index (χ0v) is 37.8. The lowest BCUT2D eigenvalue weighted by Crippen LogP contribution is -2.48. The summed E-state index contributed by atoms with van der Waals surface area (Å²) < 4.78 is 62.4. The van der Waals surface area contributed by atoms with Crippen LogP contribution in [-0.4, -0.2) is 126 Å². The van der Waals surface area contributed by atoms with Crippen molar-refractivity contribution >= 4 is 23.9 Å². The Bertz CT molecular complexity index is 2120. The molecule has 0 spiro atoms. The maximum atomic E-state index is 13.5. The molecule has 0 saturated carbocycles. The van der Waals surface area contributed by atoms with E-state index in [-0.39, 0.29) is 56.3 Å². The van der Waals surface area contributed by atoms with E-state index in [0.29, 0.717) is 28.6 Å². The van der Waals surface area contributed by atoms with Gasteiger partial charge in [0.25, 0.3) is 0 Å². The van der Waals surface area contributed by atoms with Crippen LogP contribution in [0, 0.1) is 0 Å². The summed E-state index contributed by atoms with van der Waals surface area (Å²) >= 11 is 0. The van der Waals surface area contributed by atoms with Crippen LogP contribution in [0.3, 0.4) is 0 Å². The second-order valence-corrected chi connectivity index (χ2v) is 16.2. The Morgan fingerprint density at radius 1 is 0.375 bits per heavy atom. The van der Waals surface area contributed by atoms with E-state index in [9.17, 15) is 24.3 Å². The lowest BCUT2D eigenvalue weighted by Gasteiger charge is -2.34. The molecule has 16 heteroatoms. The number of hydrogen-bond donors (Lipinski definition) is 1. The molecule has 1 N–H and O–H groups in total. The van der Waals surface area contributed by atoms with E-state index >= 15 is 0 Å². The molecule has 0 aliphatic carbocycles. The van der Waals surface area contributed by atoms with Gasteiger partial charge in [0.15, 0.2) is 16.8 Å². The quantitative estimate of drug-likeness (QED) is 0.0557. The normalized spacial score (nSPS) is 14.1. The maximum Gasteiger partial charge on any atom is 0.338 e. The minimum absolute atomic E-state index is 0.0950. The summed E-state index contributed by atoms with van der Waals surface area (Å²) in [5, 5.41) is 10.3. The molecule has 0 amide bonds. The van der Waals surface area contributed by atoms with Crippen molar-refractivity contribution < 1.29 is 76.4 Å². The molecule has 4 aromatic carbocycles. The van der Waals surface area contributed by atoms with Crippen LogP contribution in [0.4, 0.5) is 0 Å². The number of rotatable bonds is 25. The maximum absolute atomic E-state index is 13.5. The second-order valence-electron chi connectivity index (χ2n) is 16.2. The van der Waals surface area contributed by atoms with Crippen molar-refractivity contribution in [2.24, 2.45) is 0 Å². The number of benzene rings is 4. The monoisotopic (exact) mass is 890 g/mol. The fraction of sp³-hybridized carbons (Fsp3) is 0.417. The number of ether oxygens (including phenoxy) is 11. The zero-order chi connectivity index (χ0) is 47.0. The average Bonchev–Trinajstić information content (AvgIpc) is 3.28. The highest BCUT2D eigenvalue weighted by atomic mass is 16.6. The third kappa shape index (κ3) is 15.3. The molecule has 0 radical (unpaired) electrons. The topological polar surface area (TPSA) is 190 Å².